The van der Waals surface area contributed by atoms with Crippen molar-refractivity contribution in [1.82, 2.24) is 19.9 Å². The molecule has 2 heterocycles. The van der Waals surface area contributed by atoms with Gasteiger partial charge in [-0.1, -0.05) is 42.8 Å². The first-order valence-corrected chi connectivity index (χ1v) is 15.1. The number of nitrogens with one attached hydrogen (secondary N) is 1. The van der Waals surface area contributed by atoms with E-state index >= 15 is 0 Å². The van der Waals surface area contributed by atoms with Crippen LogP contribution < -0.4 is 10.1 Å². The van der Waals surface area contributed by atoms with Crippen molar-refractivity contribution in [3.05, 3.63) is 106 Å². The van der Waals surface area contributed by atoms with Crippen LogP contribution in [0.2, 0.25) is 5.02 Å². The smallest absolute Gasteiger partial charge is 0.227 e. The average Bonchev–Trinajstić information content (AvgIpc) is 3.43. The molecule has 0 saturated heterocycles. The van der Waals surface area contributed by atoms with Crippen molar-refractivity contribution >= 4 is 40.4 Å². The molecule has 0 spiro atoms. The van der Waals surface area contributed by atoms with E-state index < -0.39 is 23.0 Å². The second-order valence-electron chi connectivity index (χ2n) is 10.2. The number of hydrogen-bond acceptors (Lipinski definition) is 8. The maximum atomic E-state index is 14.2. The number of aryl methyl sites for hydroxylation is 1. The van der Waals surface area contributed by atoms with Gasteiger partial charge in [0.1, 0.15) is 24.0 Å². The molecular formula is C33H30ClF2N5O2S. The highest BCUT2D eigenvalue weighted by atomic mass is 35.5. The number of ether oxygens (including phenoxy) is 1. The predicted octanol–water partition coefficient (Wildman–Crippen LogP) is 7.87. The second kappa shape index (κ2) is 14.0. The van der Waals surface area contributed by atoms with Gasteiger partial charge in [0, 0.05) is 30.4 Å². The van der Waals surface area contributed by atoms with E-state index in [4.69, 9.17) is 26.3 Å². The summed E-state index contributed by atoms with van der Waals surface area (Å²) in [7, 11) is 3.95. The first-order chi connectivity index (χ1) is 21.2. The second-order valence-corrected chi connectivity index (χ2v) is 11.7. The molecule has 44 heavy (non-hydrogen) atoms. The summed E-state index contributed by atoms with van der Waals surface area (Å²) in [5.74, 6) is -1.41. The third-order valence-corrected chi connectivity index (χ3v) is 8.17. The molecule has 226 valence electrons. The molecule has 2 aromatic heterocycles. The molecule has 0 saturated carbocycles. The van der Waals surface area contributed by atoms with Crippen molar-refractivity contribution in [3.63, 3.8) is 0 Å². The van der Waals surface area contributed by atoms with Crippen LogP contribution in [0.1, 0.15) is 27.9 Å². The van der Waals surface area contributed by atoms with E-state index in [9.17, 15) is 13.6 Å². The Kier molecular flexibility index (Phi) is 9.94. The van der Waals surface area contributed by atoms with E-state index in [1.165, 1.54) is 17.4 Å². The number of ketones is 1. The Morgan fingerprint density at radius 3 is 2.52 bits per heavy atom. The van der Waals surface area contributed by atoms with Crippen LogP contribution in [0.5, 0.6) is 5.75 Å². The highest BCUT2D eigenvalue weighted by Gasteiger charge is 2.20. The zero-order chi connectivity index (χ0) is 31.2. The Balaban J connectivity index is 1.39. The molecule has 1 N–H and O–H groups in total. The van der Waals surface area contributed by atoms with E-state index in [1.54, 1.807) is 30.5 Å². The standard InChI is InChI=1S/C33H30ClF2N5O2S/c1-4-29-40-31(21-8-5-7-20(17-21)18-27(42)30-24(35)9-6-10-25(30)36)32(44-29)26-13-14-37-33(39-26)38-22-11-12-28(23(34)19-22)43-16-15-41(2)3/h5-14,17,19H,4,15-16,18H2,1-3H3,(H,37,38,39). The minimum Gasteiger partial charge on any atom is -0.491 e. The molecule has 0 amide bonds. The number of Topliss-reactive ketones (excluding diaryl/α,β-unsaturated/α-hetero) is 1. The van der Waals surface area contributed by atoms with Gasteiger partial charge in [0.2, 0.25) is 5.95 Å². The molecule has 5 aromatic rings. The lowest BCUT2D eigenvalue weighted by Gasteiger charge is -2.13. The number of anilines is 2. The van der Waals surface area contributed by atoms with E-state index in [-0.39, 0.29) is 6.42 Å². The summed E-state index contributed by atoms with van der Waals surface area (Å²) >= 11 is 7.98. The van der Waals surface area contributed by atoms with Crippen molar-refractivity contribution in [2.75, 3.05) is 32.6 Å². The molecule has 0 fully saturated rings. The van der Waals surface area contributed by atoms with Gasteiger partial charge in [-0.2, -0.15) is 0 Å². The summed E-state index contributed by atoms with van der Waals surface area (Å²) in [6.07, 6.45) is 2.23. The lowest BCUT2D eigenvalue weighted by Crippen LogP contribution is -2.19. The number of rotatable bonds is 12. The summed E-state index contributed by atoms with van der Waals surface area (Å²) in [6, 6.07) is 17.9. The van der Waals surface area contributed by atoms with Crippen molar-refractivity contribution in [2.24, 2.45) is 0 Å². The zero-order valence-corrected chi connectivity index (χ0v) is 26.0. The molecule has 11 heteroatoms. The number of nitrogens with zero attached hydrogens (tertiary/aromatic N) is 4. The number of hydrogen-bond donors (Lipinski definition) is 1. The molecule has 3 aromatic carbocycles. The Hall–Kier alpha value is -4.25. The van der Waals surface area contributed by atoms with Crippen LogP contribution in [0.15, 0.2) is 72.9 Å². The molecule has 0 atom stereocenters. The Morgan fingerprint density at radius 2 is 1.80 bits per heavy atom. The summed E-state index contributed by atoms with van der Waals surface area (Å²) in [6.45, 7) is 3.31. The van der Waals surface area contributed by atoms with E-state index in [0.717, 1.165) is 40.5 Å². The number of carbonyl (C=O) groups is 1. The Bertz CT molecular complexity index is 1780. The summed E-state index contributed by atoms with van der Waals surface area (Å²) in [5, 5.41) is 4.59. The molecule has 0 bridgehead atoms. The van der Waals surface area contributed by atoms with E-state index in [0.29, 0.717) is 46.0 Å². The van der Waals surface area contributed by atoms with Gasteiger partial charge in [-0.05, 0) is 68.5 Å². The normalized spacial score (nSPS) is 11.2. The fourth-order valence-corrected chi connectivity index (χ4v) is 5.69. The molecule has 7 nitrogen and oxygen atoms in total. The molecule has 0 aliphatic rings. The van der Waals surface area contributed by atoms with Crippen LogP contribution in [0.25, 0.3) is 21.8 Å². The lowest BCUT2D eigenvalue weighted by molar-refractivity contribution is 0.0985. The third kappa shape index (κ3) is 7.45. The summed E-state index contributed by atoms with van der Waals surface area (Å²) in [5.41, 5.74) is 2.91. The molecule has 0 aliphatic carbocycles. The van der Waals surface area contributed by atoms with Crippen LogP contribution in [-0.4, -0.2) is 52.9 Å². The Morgan fingerprint density at radius 1 is 1.02 bits per heavy atom. The van der Waals surface area contributed by atoms with Gasteiger partial charge in [0.05, 0.1) is 31.9 Å². The largest absolute Gasteiger partial charge is 0.491 e. The molecule has 5 rings (SSSR count). The number of halogens is 3. The maximum absolute atomic E-state index is 14.2. The zero-order valence-electron chi connectivity index (χ0n) is 24.4. The minimum atomic E-state index is -0.875. The first kappa shape index (κ1) is 31.2. The van der Waals surface area contributed by atoms with Crippen molar-refractivity contribution in [2.45, 2.75) is 19.8 Å². The number of thiazole rings is 1. The quantitative estimate of drug-likeness (QED) is 0.140. The number of aromatic nitrogens is 3. The molecule has 0 aliphatic heterocycles. The van der Waals surface area contributed by atoms with E-state index in [1.807, 2.05) is 50.2 Å². The highest BCUT2D eigenvalue weighted by molar-refractivity contribution is 7.15. The number of benzene rings is 3. The average molecular weight is 634 g/mol. The van der Waals surface area contributed by atoms with Crippen molar-refractivity contribution in [1.29, 1.82) is 0 Å². The van der Waals surface area contributed by atoms with Crippen LogP contribution >= 0.6 is 22.9 Å². The highest BCUT2D eigenvalue weighted by Crippen LogP contribution is 2.37. The van der Waals surface area contributed by atoms with E-state index in [2.05, 4.69) is 10.3 Å². The first-order valence-electron chi connectivity index (χ1n) is 14.0. The maximum Gasteiger partial charge on any atom is 0.227 e. The summed E-state index contributed by atoms with van der Waals surface area (Å²) in [4.78, 5) is 29.7. The van der Waals surface area contributed by atoms with Gasteiger partial charge in [0.25, 0.3) is 0 Å². The van der Waals surface area contributed by atoms with Crippen LogP contribution in [-0.2, 0) is 12.8 Å². The van der Waals surface area contributed by atoms with Gasteiger partial charge in [-0.15, -0.1) is 11.3 Å². The van der Waals surface area contributed by atoms with Gasteiger partial charge in [-0.25, -0.2) is 23.7 Å². The molecule has 0 radical (unpaired) electrons. The van der Waals surface area contributed by atoms with Gasteiger partial charge >= 0.3 is 0 Å². The van der Waals surface area contributed by atoms with Gasteiger partial charge in [-0.3, -0.25) is 4.79 Å². The van der Waals surface area contributed by atoms with Crippen LogP contribution in [0.4, 0.5) is 20.4 Å². The third-order valence-electron chi connectivity index (χ3n) is 6.65. The Labute approximate surface area is 263 Å². The fraction of sp³-hybridized carbons (Fsp3) is 0.212. The SMILES string of the molecule is CCc1nc(-c2cccc(CC(=O)c3c(F)cccc3F)c2)c(-c2ccnc(Nc3ccc(OCCN(C)C)c(Cl)c3)n2)s1. The van der Waals surface area contributed by atoms with Crippen molar-refractivity contribution in [3.8, 4) is 27.6 Å². The molecular weight excluding hydrogens is 604 g/mol. The van der Waals surface area contributed by atoms with Gasteiger partial charge < -0.3 is 15.0 Å². The van der Waals surface area contributed by atoms with Crippen molar-refractivity contribution < 1.29 is 18.3 Å². The summed E-state index contributed by atoms with van der Waals surface area (Å²) < 4.78 is 34.2. The number of carbonyl (C=O) groups excluding carboxylic acids is 1. The number of likely N-dealkylation sites (N-methyl/N-ethyl adjacent to an activating group) is 1. The van der Waals surface area contributed by atoms with Crippen LogP contribution in [0.3, 0.4) is 0 Å². The van der Waals surface area contributed by atoms with Gasteiger partial charge in [0.15, 0.2) is 5.78 Å². The monoisotopic (exact) mass is 633 g/mol. The molecule has 0 unspecified atom stereocenters. The minimum absolute atomic E-state index is 0.157. The fourth-order valence-electron chi connectivity index (χ4n) is 4.46. The van der Waals surface area contributed by atoms with Crippen LogP contribution in [0, 0.1) is 11.6 Å². The lowest BCUT2D eigenvalue weighted by atomic mass is 9.99. The predicted molar refractivity (Wildman–Crippen MR) is 171 cm³/mol. The topological polar surface area (TPSA) is 80.2 Å².